The third-order valence-corrected chi connectivity index (χ3v) is 7.02. The molecule has 1 aromatic rings. The number of fused-ring (bicyclic) bond motifs is 1. The van der Waals surface area contributed by atoms with E-state index in [4.69, 9.17) is 0 Å². The van der Waals surface area contributed by atoms with Crippen LogP contribution in [0.5, 0.6) is 0 Å². The van der Waals surface area contributed by atoms with Gasteiger partial charge in [-0.05, 0) is 0 Å². The first-order valence-corrected chi connectivity index (χ1v) is 7.21. The van der Waals surface area contributed by atoms with Crippen LogP contribution in [0.3, 0.4) is 0 Å². The summed E-state index contributed by atoms with van der Waals surface area (Å²) in [6.07, 6.45) is 0.621. The van der Waals surface area contributed by atoms with Crippen molar-refractivity contribution in [2.45, 2.75) is 16.8 Å². The molecule has 0 bridgehead atoms. The summed E-state index contributed by atoms with van der Waals surface area (Å²) in [6, 6.07) is 6.98. The first-order valence-electron chi connectivity index (χ1n) is 4.01. The number of benzene rings is 1. The number of rotatable bonds is 0. The van der Waals surface area contributed by atoms with Crippen LogP contribution in [0.4, 0.5) is 13.2 Å². The fourth-order valence-electron chi connectivity index (χ4n) is 1.60. The first-order chi connectivity index (χ1) is 6.09. The third-order valence-electron chi connectivity index (χ3n) is 2.19. The Kier molecular flexibility index (Phi) is 2.12. The molecule has 1 heterocycles. The molecule has 0 fully saturated rings. The Morgan fingerprint density at radius 1 is 1.15 bits per heavy atom. The number of aryl methyl sites for hydroxylation is 1. The molecule has 0 aliphatic carbocycles. The third kappa shape index (κ3) is 1.61. The predicted molar refractivity (Wildman–Crippen MR) is 47.8 cm³/mol. The van der Waals surface area contributed by atoms with Crippen LogP contribution >= 0.6 is 0 Å². The molecule has 0 nitrogen and oxygen atoms in total. The van der Waals surface area contributed by atoms with Crippen molar-refractivity contribution in [2.24, 2.45) is 0 Å². The summed E-state index contributed by atoms with van der Waals surface area (Å²) in [5, 5.41) is -3.57. The van der Waals surface area contributed by atoms with Crippen molar-refractivity contribution >= 4 is 18.4 Å². The Balaban J connectivity index is 2.39. The van der Waals surface area contributed by atoms with Gasteiger partial charge in [-0.25, -0.2) is 0 Å². The minimum absolute atomic E-state index is 0.357. The second-order valence-electron chi connectivity index (χ2n) is 3.00. The van der Waals surface area contributed by atoms with Crippen LogP contribution in [0.15, 0.2) is 24.3 Å². The van der Waals surface area contributed by atoms with Crippen molar-refractivity contribution in [2.75, 3.05) is 0 Å². The molecular formula is C9H9F3Se. The Hall–Kier alpha value is -0.471. The summed E-state index contributed by atoms with van der Waals surface area (Å²) in [6.45, 7) is 0. The first kappa shape index (κ1) is 9.10. The zero-order valence-corrected chi connectivity index (χ0v) is 8.68. The van der Waals surface area contributed by atoms with Crippen LogP contribution in [0.25, 0.3) is 0 Å². The number of hydrogen-bond acceptors (Lipinski definition) is 0. The van der Waals surface area contributed by atoms with Crippen LogP contribution in [0.2, 0.25) is 5.32 Å². The fourth-order valence-corrected chi connectivity index (χ4v) is 5.86. The van der Waals surface area contributed by atoms with Gasteiger partial charge in [-0.15, -0.1) is 0 Å². The standard InChI is InChI=1S/C9H9F3Se/c10-9(11,12)13-6-5-7-3-1-2-4-8(7)13/h1-4,13H,5-6H2. The molecule has 1 aliphatic heterocycles. The second kappa shape index (κ2) is 3.03. The molecule has 0 aromatic heterocycles. The number of alkyl halides is 3. The maximum absolute atomic E-state index is 12.5. The molecule has 0 saturated carbocycles. The van der Waals surface area contributed by atoms with E-state index in [1.807, 2.05) is 12.1 Å². The van der Waals surface area contributed by atoms with E-state index >= 15 is 0 Å². The molecule has 1 aromatic carbocycles. The van der Waals surface area contributed by atoms with E-state index in [2.05, 4.69) is 0 Å². The van der Waals surface area contributed by atoms with E-state index in [1.165, 1.54) is 0 Å². The van der Waals surface area contributed by atoms with Gasteiger partial charge in [0.25, 0.3) is 0 Å². The van der Waals surface area contributed by atoms with Gasteiger partial charge in [-0.3, -0.25) is 0 Å². The predicted octanol–water partition coefficient (Wildman–Crippen LogP) is 1.78. The van der Waals surface area contributed by atoms with E-state index in [-0.39, 0.29) is 0 Å². The molecule has 0 saturated heterocycles. The van der Waals surface area contributed by atoms with Gasteiger partial charge in [0, 0.05) is 0 Å². The summed E-state index contributed by atoms with van der Waals surface area (Å²) in [4.78, 5) is 0. The monoisotopic (exact) mass is 254 g/mol. The van der Waals surface area contributed by atoms with Gasteiger partial charge < -0.3 is 0 Å². The molecule has 0 N–H and O–H groups in total. The topological polar surface area (TPSA) is 0 Å². The molecule has 1 aliphatic rings. The van der Waals surface area contributed by atoms with Gasteiger partial charge >= 0.3 is 78.2 Å². The molecule has 72 valence electrons. The van der Waals surface area contributed by atoms with Crippen LogP contribution in [-0.4, -0.2) is 19.0 Å². The molecule has 13 heavy (non-hydrogen) atoms. The summed E-state index contributed by atoms with van der Waals surface area (Å²) < 4.78 is 38.1. The molecule has 0 spiro atoms. The molecule has 1 atom stereocenters. The second-order valence-corrected chi connectivity index (χ2v) is 7.81. The molecule has 1 unspecified atom stereocenters. The SMILES string of the molecule is FC(F)(F)[SeH]1CCc2ccccc21. The van der Waals surface area contributed by atoms with Crippen molar-refractivity contribution in [3.63, 3.8) is 0 Å². The maximum atomic E-state index is 12.5. The van der Waals surface area contributed by atoms with Crippen molar-refractivity contribution < 1.29 is 13.2 Å². The van der Waals surface area contributed by atoms with Gasteiger partial charge in [-0.2, -0.15) is 0 Å². The molecule has 0 radical (unpaired) electrons. The van der Waals surface area contributed by atoms with E-state index in [1.54, 1.807) is 12.1 Å². The Bertz CT molecular complexity index is 319. The van der Waals surface area contributed by atoms with Crippen molar-refractivity contribution in [1.82, 2.24) is 0 Å². The van der Waals surface area contributed by atoms with E-state index in [0.29, 0.717) is 16.2 Å². The van der Waals surface area contributed by atoms with E-state index in [0.717, 1.165) is 5.56 Å². The van der Waals surface area contributed by atoms with Gasteiger partial charge in [0.15, 0.2) is 0 Å². The van der Waals surface area contributed by atoms with Crippen molar-refractivity contribution in [3.05, 3.63) is 29.8 Å². The Morgan fingerprint density at radius 2 is 1.85 bits per heavy atom. The van der Waals surface area contributed by atoms with E-state index in [9.17, 15) is 13.2 Å². The van der Waals surface area contributed by atoms with Gasteiger partial charge in [0.2, 0.25) is 0 Å². The average Bonchev–Trinajstić information content (AvgIpc) is 2.45. The summed E-state index contributed by atoms with van der Waals surface area (Å²) in [5.74, 6) is 0. The number of halogens is 3. The zero-order chi connectivity index (χ0) is 9.47. The van der Waals surface area contributed by atoms with Crippen molar-refractivity contribution in [1.29, 1.82) is 0 Å². The summed E-state index contributed by atoms with van der Waals surface area (Å²) in [5.41, 5.74) is 0.917. The van der Waals surface area contributed by atoms with Crippen LogP contribution < -0.4 is 4.46 Å². The van der Waals surface area contributed by atoms with E-state index < -0.39 is 19.0 Å². The van der Waals surface area contributed by atoms with Crippen LogP contribution in [0, 0.1) is 0 Å². The van der Waals surface area contributed by atoms with Gasteiger partial charge in [-0.1, -0.05) is 0 Å². The zero-order valence-electron chi connectivity index (χ0n) is 6.80. The molecule has 4 heteroatoms. The fraction of sp³-hybridized carbons (Fsp3) is 0.333. The van der Waals surface area contributed by atoms with Gasteiger partial charge in [0.05, 0.1) is 0 Å². The summed E-state index contributed by atoms with van der Waals surface area (Å²) >= 11 is -2.74. The minimum atomic E-state index is -3.93. The number of hydrogen-bond donors (Lipinski definition) is 0. The molecule has 0 amide bonds. The molecule has 2 rings (SSSR count). The molecular weight excluding hydrogens is 244 g/mol. The van der Waals surface area contributed by atoms with Gasteiger partial charge in [0.1, 0.15) is 0 Å². The quantitative estimate of drug-likeness (QED) is 0.618. The normalized spacial score (nSPS) is 24.4. The average molecular weight is 253 g/mol. The summed E-state index contributed by atoms with van der Waals surface area (Å²) in [7, 11) is 0. The van der Waals surface area contributed by atoms with Crippen molar-refractivity contribution in [3.8, 4) is 0 Å². The Morgan fingerprint density at radius 3 is 2.54 bits per heavy atom. The van der Waals surface area contributed by atoms with Crippen LogP contribution in [-0.2, 0) is 6.42 Å². The van der Waals surface area contributed by atoms with Crippen LogP contribution in [0.1, 0.15) is 5.56 Å². The Labute approximate surface area is 78.6 Å².